The van der Waals surface area contributed by atoms with Crippen LogP contribution in [0.5, 0.6) is 0 Å². The lowest BCUT2D eigenvalue weighted by Crippen LogP contribution is -2.21. The summed E-state index contributed by atoms with van der Waals surface area (Å²) in [5.74, 6) is 0.0627. The smallest absolute Gasteiger partial charge is 0.133 e. The molecule has 1 aliphatic rings. The Morgan fingerprint density at radius 3 is 1.75 bits per heavy atom. The molecule has 1 rings (SSSR count). The molecule has 0 aromatic carbocycles. The fourth-order valence-corrected chi connectivity index (χ4v) is 1.84. The molecule has 1 saturated carbocycles. The van der Waals surface area contributed by atoms with Gasteiger partial charge < -0.3 is 0 Å². The quantitative estimate of drug-likeness (QED) is 0.585. The molecule has 0 aromatic rings. The highest BCUT2D eigenvalue weighted by Gasteiger charge is 2.35. The summed E-state index contributed by atoms with van der Waals surface area (Å²) in [5.41, 5.74) is 1.04. The molecule has 0 radical (unpaired) electrons. The van der Waals surface area contributed by atoms with Gasteiger partial charge in [0.2, 0.25) is 0 Å². The van der Waals surface area contributed by atoms with E-state index >= 15 is 0 Å². The number of carbonyl (C=O) groups is 2. The highest BCUT2D eigenvalue weighted by atomic mass is 16.1. The zero-order valence-corrected chi connectivity index (χ0v) is 7.59. The van der Waals surface area contributed by atoms with Gasteiger partial charge in [0, 0.05) is 11.8 Å². The minimum absolute atomic E-state index is 0.0880. The summed E-state index contributed by atoms with van der Waals surface area (Å²) >= 11 is 0. The zero-order valence-electron chi connectivity index (χ0n) is 7.59. The largest absolute Gasteiger partial charge is 0.300 e. The second kappa shape index (κ2) is 3.21. The Morgan fingerprint density at radius 1 is 1.17 bits per heavy atom. The third-order valence-corrected chi connectivity index (χ3v) is 2.55. The fraction of sp³-hybridized carbons (Fsp3) is 0.600. The van der Waals surface area contributed by atoms with Crippen LogP contribution in [0, 0.1) is 11.8 Å². The first-order chi connectivity index (χ1) is 5.52. The monoisotopic (exact) mass is 166 g/mol. The van der Waals surface area contributed by atoms with Crippen molar-refractivity contribution in [3.05, 3.63) is 12.2 Å². The minimum Gasteiger partial charge on any atom is -0.300 e. The maximum absolute atomic E-state index is 11.1. The van der Waals surface area contributed by atoms with Gasteiger partial charge in [-0.25, -0.2) is 0 Å². The van der Waals surface area contributed by atoms with Crippen LogP contribution in [0.4, 0.5) is 0 Å². The maximum Gasteiger partial charge on any atom is 0.133 e. The molecule has 2 heteroatoms. The van der Waals surface area contributed by atoms with Crippen molar-refractivity contribution in [1.82, 2.24) is 0 Å². The summed E-state index contributed by atoms with van der Waals surface area (Å²) in [5, 5.41) is 0. The topological polar surface area (TPSA) is 34.1 Å². The molecule has 0 saturated heterocycles. The minimum atomic E-state index is -0.0880. The summed E-state index contributed by atoms with van der Waals surface area (Å²) in [7, 11) is 0. The molecule has 2 nitrogen and oxygen atoms in total. The van der Waals surface area contributed by atoms with Gasteiger partial charge in [0.25, 0.3) is 0 Å². The van der Waals surface area contributed by atoms with E-state index in [2.05, 4.69) is 6.58 Å². The van der Waals surface area contributed by atoms with Gasteiger partial charge in [-0.05, 0) is 26.7 Å². The fourth-order valence-electron chi connectivity index (χ4n) is 1.84. The summed E-state index contributed by atoms with van der Waals surface area (Å²) in [6.07, 6.45) is 1.42. The third kappa shape index (κ3) is 1.63. The van der Waals surface area contributed by atoms with Crippen LogP contribution in [-0.4, -0.2) is 11.6 Å². The van der Waals surface area contributed by atoms with E-state index in [0.717, 1.165) is 5.57 Å². The number of rotatable bonds is 2. The van der Waals surface area contributed by atoms with Crippen LogP contribution >= 0.6 is 0 Å². The molecule has 66 valence electrons. The van der Waals surface area contributed by atoms with Crippen molar-refractivity contribution in [3.8, 4) is 0 Å². The van der Waals surface area contributed by atoms with Gasteiger partial charge in [0.05, 0.1) is 0 Å². The lowest BCUT2D eigenvalue weighted by atomic mass is 9.90. The van der Waals surface area contributed by atoms with E-state index in [4.69, 9.17) is 0 Å². The molecule has 0 amide bonds. The lowest BCUT2D eigenvalue weighted by molar-refractivity contribution is -0.128. The van der Waals surface area contributed by atoms with Crippen molar-refractivity contribution >= 4 is 11.6 Å². The van der Waals surface area contributed by atoms with Crippen LogP contribution in [-0.2, 0) is 9.59 Å². The van der Waals surface area contributed by atoms with Gasteiger partial charge in [-0.1, -0.05) is 12.2 Å². The molecule has 0 aliphatic heterocycles. The van der Waals surface area contributed by atoms with Crippen molar-refractivity contribution in [2.24, 2.45) is 11.8 Å². The first-order valence-corrected chi connectivity index (χ1v) is 4.20. The average molecular weight is 166 g/mol. The van der Waals surface area contributed by atoms with Crippen LogP contribution in [0.15, 0.2) is 12.2 Å². The van der Waals surface area contributed by atoms with Gasteiger partial charge in [0.1, 0.15) is 11.6 Å². The zero-order chi connectivity index (χ0) is 9.30. The van der Waals surface area contributed by atoms with Gasteiger partial charge >= 0.3 is 0 Å². The summed E-state index contributed by atoms with van der Waals surface area (Å²) in [4.78, 5) is 22.2. The van der Waals surface area contributed by atoms with E-state index < -0.39 is 0 Å². The van der Waals surface area contributed by atoms with Crippen LogP contribution in [0.3, 0.4) is 0 Å². The van der Waals surface area contributed by atoms with E-state index in [1.54, 1.807) is 13.8 Å². The predicted molar refractivity (Wildman–Crippen MR) is 46.7 cm³/mol. The molecule has 1 aliphatic carbocycles. The van der Waals surface area contributed by atoms with E-state index in [1.807, 2.05) is 0 Å². The van der Waals surface area contributed by atoms with E-state index in [9.17, 15) is 9.59 Å². The van der Waals surface area contributed by atoms with Crippen LogP contribution in [0.1, 0.15) is 26.7 Å². The summed E-state index contributed by atoms with van der Waals surface area (Å²) in [6, 6.07) is 0. The molecule has 0 N–H and O–H groups in total. The first kappa shape index (κ1) is 9.17. The molecule has 12 heavy (non-hydrogen) atoms. The Hall–Kier alpha value is -0.920. The number of Topliss-reactive ketones (excluding diaryl/α,β-unsaturated/α-hetero) is 2. The van der Waals surface area contributed by atoms with Crippen LogP contribution in [0.2, 0.25) is 0 Å². The lowest BCUT2D eigenvalue weighted by Gasteiger charge is -2.11. The van der Waals surface area contributed by atoms with Crippen LogP contribution in [0.25, 0.3) is 0 Å². The Labute approximate surface area is 72.7 Å². The van der Waals surface area contributed by atoms with E-state index in [0.29, 0.717) is 12.8 Å². The Kier molecular flexibility index (Phi) is 2.46. The number of allylic oxidation sites excluding steroid dienone is 1. The molecule has 0 spiro atoms. The van der Waals surface area contributed by atoms with Gasteiger partial charge in [-0.3, -0.25) is 9.59 Å². The highest BCUT2D eigenvalue weighted by Crippen LogP contribution is 2.35. The summed E-state index contributed by atoms with van der Waals surface area (Å²) in [6.45, 7) is 6.92. The van der Waals surface area contributed by atoms with Crippen LogP contribution < -0.4 is 0 Å². The standard InChI is InChI=1S/C10H14O2/c1-6-4-9(7(2)11)10(5-6)8(3)12/h9-10H,1,4-5H2,2-3H3. The van der Waals surface area contributed by atoms with Crippen molar-refractivity contribution < 1.29 is 9.59 Å². The van der Waals surface area contributed by atoms with Gasteiger partial charge in [-0.15, -0.1) is 0 Å². The summed E-state index contributed by atoms with van der Waals surface area (Å²) < 4.78 is 0. The van der Waals surface area contributed by atoms with E-state index in [-0.39, 0.29) is 23.4 Å². The molecule has 0 aromatic heterocycles. The van der Waals surface area contributed by atoms with Crippen molar-refractivity contribution in [2.45, 2.75) is 26.7 Å². The SMILES string of the molecule is C=C1CC(C(C)=O)C(C(C)=O)C1. The first-order valence-electron chi connectivity index (χ1n) is 4.20. The molecular weight excluding hydrogens is 152 g/mol. The second-order valence-electron chi connectivity index (χ2n) is 3.59. The number of carbonyl (C=O) groups excluding carboxylic acids is 2. The predicted octanol–water partition coefficient (Wildman–Crippen LogP) is 1.75. The number of hydrogen-bond donors (Lipinski definition) is 0. The highest BCUT2D eigenvalue weighted by molar-refractivity contribution is 5.88. The molecule has 2 unspecified atom stereocenters. The molecule has 0 bridgehead atoms. The van der Waals surface area contributed by atoms with Gasteiger partial charge in [0.15, 0.2) is 0 Å². The Morgan fingerprint density at radius 2 is 1.50 bits per heavy atom. The number of ketones is 2. The number of hydrogen-bond acceptors (Lipinski definition) is 2. The van der Waals surface area contributed by atoms with E-state index in [1.165, 1.54) is 0 Å². The van der Waals surface area contributed by atoms with Crippen molar-refractivity contribution in [3.63, 3.8) is 0 Å². The Balaban J connectivity index is 2.79. The molecular formula is C10H14O2. The Bertz CT molecular complexity index is 216. The molecule has 1 fully saturated rings. The van der Waals surface area contributed by atoms with Crippen molar-refractivity contribution in [2.75, 3.05) is 0 Å². The maximum atomic E-state index is 11.1. The van der Waals surface area contributed by atoms with Gasteiger partial charge in [-0.2, -0.15) is 0 Å². The molecule has 0 heterocycles. The molecule has 2 atom stereocenters. The average Bonchev–Trinajstić information content (AvgIpc) is 2.31. The second-order valence-corrected chi connectivity index (χ2v) is 3.59. The van der Waals surface area contributed by atoms with Crippen molar-refractivity contribution in [1.29, 1.82) is 0 Å². The normalized spacial score (nSPS) is 29.0. The third-order valence-electron chi connectivity index (χ3n) is 2.55.